The fraction of sp³-hybridized carbons (Fsp3) is 0.0769. The van der Waals surface area contributed by atoms with Crippen LogP contribution in [0.3, 0.4) is 0 Å². The largest absolute Gasteiger partial charge is 0.496 e. The van der Waals surface area contributed by atoms with Crippen molar-refractivity contribution in [2.45, 2.75) is 0 Å². The third-order valence-corrected chi connectivity index (χ3v) is 2.22. The fourth-order valence-electron chi connectivity index (χ4n) is 1.45. The molecule has 0 saturated heterocycles. The van der Waals surface area contributed by atoms with Crippen molar-refractivity contribution in [3.8, 4) is 29.5 Å². The molecular weight excluding hydrogens is 219 g/mol. The number of rotatable bonds is 2. The summed E-state index contributed by atoms with van der Waals surface area (Å²) in [4.78, 5) is 8.06. The molecule has 0 fully saturated rings. The van der Waals surface area contributed by atoms with Crippen LogP contribution in [0.25, 0.3) is 11.4 Å². The van der Waals surface area contributed by atoms with E-state index in [0.29, 0.717) is 11.4 Å². The number of aromatic nitrogens is 2. The average Bonchev–Trinajstić information content (AvgIpc) is 2.38. The number of terminal acetylenes is 1. The lowest BCUT2D eigenvalue weighted by Gasteiger charge is -2.07. The van der Waals surface area contributed by atoms with E-state index in [-0.39, 0.29) is 11.4 Å². The van der Waals surface area contributed by atoms with Gasteiger partial charge in [-0.2, -0.15) is 0 Å². The molecule has 0 spiro atoms. The molecule has 0 N–H and O–H groups in total. The first-order valence-corrected chi connectivity index (χ1v) is 4.89. The molecule has 4 heteroatoms. The molecule has 0 aliphatic heterocycles. The highest BCUT2D eigenvalue weighted by atomic mass is 19.1. The van der Waals surface area contributed by atoms with Crippen molar-refractivity contribution in [2.24, 2.45) is 0 Å². The first kappa shape index (κ1) is 11.1. The number of benzene rings is 1. The Hall–Kier alpha value is -2.41. The maximum atomic E-state index is 13.7. The van der Waals surface area contributed by atoms with Crippen molar-refractivity contribution in [1.82, 2.24) is 9.97 Å². The standard InChI is InChI=1S/C13H9FN2O/c1-3-9-7-8-15-13(16-9)12-10(14)5-4-6-11(12)17-2/h1,4-8H,2H3. The highest BCUT2D eigenvalue weighted by Crippen LogP contribution is 2.29. The molecule has 0 aliphatic rings. The Morgan fingerprint density at radius 3 is 2.88 bits per heavy atom. The zero-order valence-electron chi connectivity index (χ0n) is 9.14. The van der Waals surface area contributed by atoms with E-state index in [1.165, 1.54) is 19.4 Å². The number of halogens is 1. The molecule has 0 amide bonds. The molecular formula is C13H9FN2O. The smallest absolute Gasteiger partial charge is 0.167 e. The summed E-state index contributed by atoms with van der Waals surface area (Å²) in [6, 6.07) is 6.10. The second-order valence-corrected chi connectivity index (χ2v) is 3.23. The number of ether oxygens (including phenoxy) is 1. The molecule has 2 aromatic rings. The van der Waals surface area contributed by atoms with Gasteiger partial charge >= 0.3 is 0 Å². The first-order valence-electron chi connectivity index (χ1n) is 4.89. The predicted octanol–water partition coefficient (Wildman–Crippen LogP) is 2.27. The zero-order chi connectivity index (χ0) is 12.3. The van der Waals surface area contributed by atoms with Crippen LogP contribution in [-0.2, 0) is 0 Å². The van der Waals surface area contributed by atoms with E-state index in [2.05, 4.69) is 15.9 Å². The molecule has 0 unspecified atom stereocenters. The SMILES string of the molecule is C#Cc1ccnc(-c2c(F)cccc2OC)n1. The molecule has 0 aliphatic carbocycles. The summed E-state index contributed by atoms with van der Waals surface area (Å²) in [5.41, 5.74) is 0.618. The predicted molar refractivity (Wildman–Crippen MR) is 61.9 cm³/mol. The highest BCUT2D eigenvalue weighted by molar-refractivity contribution is 5.65. The number of hydrogen-bond donors (Lipinski definition) is 0. The van der Waals surface area contributed by atoms with E-state index in [0.717, 1.165) is 0 Å². The van der Waals surface area contributed by atoms with Crippen LogP contribution in [0.1, 0.15) is 5.69 Å². The Balaban J connectivity index is 2.64. The molecule has 0 bridgehead atoms. The van der Waals surface area contributed by atoms with Crippen molar-refractivity contribution < 1.29 is 9.13 Å². The lowest BCUT2D eigenvalue weighted by Crippen LogP contribution is -1.97. The number of methoxy groups -OCH3 is 1. The summed E-state index contributed by atoms with van der Waals surface area (Å²) in [6.07, 6.45) is 6.73. The van der Waals surface area contributed by atoms with Gasteiger partial charge in [-0.05, 0) is 18.2 Å². The van der Waals surface area contributed by atoms with Crippen LogP contribution in [0, 0.1) is 18.2 Å². The Kier molecular flexibility index (Phi) is 3.01. The summed E-state index contributed by atoms with van der Waals surface area (Å²) in [5, 5.41) is 0. The van der Waals surface area contributed by atoms with Gasteiger partial charge in [0.15, 0.2) is 5.82 Å². The molecule has 84 valence electrons. The van der Waals surface area contributed by atoms with E-state index in [1.54, 1.807) is 18.2 Å². The lowest BCUT2D eigenvalue weighted by atomic mass is 10.1. The van der Waals surface area contributed by atoms with E-state index < -0.39 is 5.82 Å². The van der Waals surface area contributed by atoms with Gasteiger partial charge in [-0.3, -0.25) is 0 Å². The summed E-state index contributed by atoms with van der Waals surface area (Å²) in [5.74, 6) is 2.53. The Morgan fingerprint density at radius 2 is 2.18 bits per heavy atom. The van der Waals surface area contributed by atoms with Gasteiger partial charge in [-0.25, -0.2) is 14.4 Å². The molecule has 1 aromatic carbocycles. The van der Waals surface area contributed by atoms with Gasteiger partial charge in [-0.15, -0.1) is 6.42 Å². The minimum atomic E-state index is -0.446. The van der Waals surface area contributed by atoms with Crippen molar-refractivity contribution in [3.05, 3.63) is 42.0 Å². The van der Waals surface area contributed by atoms with Gasteiger partial charge < -0.3 is 4.74 Å². The average molecular weight is 228 g/mol. The van der Waals surface area contributed by atoms with Crippen LogP contribution in [0.5, 0.6) is 5.75 Å². The van der Waals surface area contributed by atoms with Crippen LogP contribution in [0.2, 0.25) is 0 Å². The molecule has 1 heterocycles. The van der Waals surface area contributed by atoms with E-state index in [4.69, 9.17) is 11.2 Å². The van der Waals surface area contributed by atoms with Gasteiger partial charge in [0.05, 0.1) is 12.7 Å². The van der Waals surface area contributed by atoms with Crippen molar-refractivity contribution in [2.75, 3.05) is 7.11 Å². The topological polar surface area (TPSA) is 35.0 Å². The lowest BCUT2D eigenvalue weighted by molar-refractivity contribution is 0.413. The number of nitrogens with zero attached hydrogens (tertiary/aromatic N) is 2. The normalized spacial score (nSPS) is 9.71. The quantitative estimate of drug-likeness (QED) is 0.739. The second kappa shape index (κ2) is 4.62. The van der Waals surface area contributed by atoms with Crippen LogP contribution >= 0.6 is 0 Å². The Bertz CT molecular complexity index is 590. The Labute approximate surface area is 98.3 Å². The second-order valence-electron chi connectivity index (χ2n) is 3.23. The van der Waals surface area contributed by atoms with E-state index in [9.17, 15) is 4.39 Å². The van der Waals surface area contributed by atoms with E-state index in [1.807, 2.05) is 0 Å². The monoisotopic (exact) mass is 228 g/mol. The molecule has 0 saturated carbocycles. The molecule has 0 atom stereocenters. The Morgan fingerprint density at radius 1 is 1.35 bits per heavy atom. The van der Waals surface area contributed by atoms with Gasteiger partial charge in [0.1, 0.15) is 17.3 Å². The van der Waals surface area contributed by atoms with Crippen LogP contribution in [-0.4, -0.2) is 17.1 Å². The van der Waals surface area contributed by atoms with Crippen molar-refractivity contribution in [3.63, 3.8) is 0 Å². The third-order valence-electron chi connectivity index (χ3n) is 2.22. The van der Waals surface area contributed by atoms with Crippen LogP contribution in [0.4, 0.5) is 4.39 Å². The molecule has 1 aromatic heterocycles. The minimum absolute atomic E-state index is 0.215. The van der Waals surface area contributed by atoms with Gasteiger partial charge in [0, 0.05) is 6.20 Å². The minimum Gasteiger partial charge on any atom is -0.496 e. The van der Waals surface area contributed by atoms with Crippen molar-refractivity contribution >= 4 is 0 Å². The zero-order valence-corrected chi connectivity index (χ0v) is 9.14. The maximum Gasteiger partial charge on any atom is 0.167 e. The summed E-state index contributed by atoms with van der Waals surface area (Å²) in [6.45, 7) is 0. The number of hydrogen-bond acceptors (Lipinski definition) is 3. The maximum absolute atomic E-state index is 13.7. The van der Waals surface area contributed by atoms with Gasteiger partial charge in [-0.1, -0.05) is 12.0 Å². The summed E-state index contributed by atoms with van der Waals surface area (Å²) < 4.78 is 18.8. The molecule has 0 radical (unpaired) electrons. The van der Waals surface area contributed by atoms with Gasteiger partial charge in [0.25, 0.3) is 0 Å². The van der Waals surface area contributed by atoms with E-state index >= 15 is 0 Å². The summed E-state index contributed by atoms with van der Waals surface area (Å²) >= 11 is 0. The fourth-order valence-corrected chi connectivity index (χ4v) is 1.45. The van der Waals surface area contributed by atoms with Crippen LogP contribution in [0.15, 0.2) is 30.5 Å². The molecule has 2 rings (SSSR count). The highest BCUT2D eigenvalue weighted by Gasteiger charge is 2.14. The van der Waals surface area contributed by atoms with Crippen LogP contribution < -0.4 is 4.74 Å². The summed E-state index contributed by atoms with van der Waals surface area (Å²) in [7, 11) is 1.46. The third kappa shape index (κ3) is 2.08. The van der Waals surface area contributed by atoms with Crippen molar-refractivity contribution in [1.29, 1.82) is 0 Å². The molecule has 17 heavy (non-hydrogen) atoms. The molecule has 3 nitrogen and oxygen atoms in total. The van der Waals surface area contributed by atoms with Gasteiger partial charge in [0.2, 0.25) is 0 Å². The first-order chi connectivity index (χ1) is 8.26.